The van der Waals surface area contributed by atoms with Gasteiger partial charge >= 0.3 is 0 Å². The molecule has 1 heterocycles. The van der Waals surface area contributed by atoms with Crippen LogP contribution in [0.4, 0.5) is 5.82 Å². The number of allylic oxidation sites excluding steroid dienone is 1. The van der Waals surface area contributed by atoms with E-state index in [9.17, 15) is 0 Å². The van der Waals surface area contributed by atoms with Crippen LogP contribution in [0.25, 0.3) is 0 Å². The van der Waals surface area contributed by atoms with Gasteiger partial charge in [0.15, 0.2) is 0 Å². The molecule has 0 spiro atoms. The molecule has 0 radical (unpaired) electrons. The topological polar surface area (TPSA) is 24.9 Å². The van der Waals surface area contributed by atoms with Crippen LogP contribution in [-0.4, -0.2) is 11.5 Å². The second kappa shape index (κ2) is 5.43. The molecule has 1 aromatic heterocycles. The molecule has 0 unspecified atom stereocenters. The Balaban J connectivity index is 2.32. The van der Waals surface area contributed by atoms with Gasteiger partial charge in [0.2, 0.25) is 0 Å². The van der Waals surface area contributed by atoms with Crippen molar-refractivity contribution in [1.29, 1.82) is 0 Å². The van der Waals surface area contributed by atoms with Crippen LogP contribution < -0.4 is 5.32 Å². The van der Waals surface area contributed by atoms with Crippen LogP contribution in [0.15, 0.2) is 30.0 Å². The van der Waals surface area contributed by atoms with Crippen LogP contribution in [0.2, 0.25) is 0 Å². The average Bonchev–Trinajstić information content (AvgIpc) is 2.15. The fourth-order valence-corrected chi connectivity index (χ4v) is 1.13. The molecule has 1 aromatic rings. The second-order valence-corrected chi connectivity index (χ2v) is 3.72. The lowest BCUT2D eigenvalue weighted by Crippen LogP contribution is -2.01. The molecule has 76 valence electrons. The highest BCUT2D eigenvalue weighted by Gasteiger charge is 1.90. The molecule has 0 fully saturated rings. The number of hydrogen-bond acceptors (Lipinski definition) is 2. The van der Waals surface area contributed by atoms with Crippen molar-refractivity contribution in [3.63, 3.8) is 0 Å². The van der Waals surface area contributed by atoms with Gasteiger partial charge in [0.1, 0.15) is 5.82 Å². The summed E-state index contributed by atoms with van der Waals surface area (Å²) in [5, 5.41) is 3.27. The van der Waals surface area contributed by atoms with E-state index >= 15 is 0 Å². The van der Waals surface area contributed by atoms with Gasteiger partial charge in [-0.05, 0) is 38.8 Å². The van der Waals surface area contributed by atoms with E-state index in [1.165, 1.54) is 11.1 Å². The minimum atomic E-state index is 0.946. The Kier molecular flexibility index (Phi) is 4.17. The van der Waals surface area contributed by atoms with Gasteiger partial charge in [0, 0.05) is 12.7 Å². The van der Waals surface area contributed by atoms with Gasteiger partial charge in [-0.15, -0.1) is 0 Å². The smallest absolute Gasteiger partial charge is 0.125 e. The summed E-state index contributed by atoms with van der Waals surface area (Å²) in [6, 6.07) is 4.08. The standard InChI is InChI=1S/C12H18N2/c1-10(2)5-4-8-13-12-7-6-11(3)9-14-12/h5-7,9H,4,8H2,1-3H3,(H,13,14). The summed E-state index contributed by atoms with van der Waals surface area (Å²) in [6.07, 6.45) is 5.16. The molecule has 2 nitrogen and oxygen atoms in total. The van der Waals surface area contributed by atoms with Crippen LogP contribution in [0.1, 0.15) is 25.8 Å². The zero-order chi connectivity index (χ0) is 10.4. The highest BCUT2D eigenvalue weighted by Crippen LogP contribution is 2.03. The van der Waals surface area contributed by atoms with Gasteiger partial charge in [-0.3, -0.25) is 0 Å². The summed E-state index contributed by atoms with van der Waals surface area (Å²) in [5.74, 6) is 0.956. The number of hydrogen-bond donors (Lipinski definition) is 1. The summed E-state index contributed by atoms with van der Waals surface area (Å²) < 4.78 is 0. The van der Waals surface area contributed by atoms with E-state index in [4.69, 9.17) is 0 Å². The first-order valence-electron chi connectivity index (χ1n) is 4.98. The Morgan fingerprint density at radius 2 is 2.21 bits per heavy atom. The van der Waals surface area contributed by atoms with Crippen molar-refractivity contribution >= 4 is 5.82 Å². The molecule has 0 amide bonds. The molecular weight excluding hydrogens is 172 g/mol. The number of aromatic nitrogens is 1. The summed E-state index contributed by atoms with van der Waals surface area (Å²) in [6.45, 7) is 7.22. The SMILES string of the molecule is CC(C)=CCCNc1ccc(C)cn1. The third-order valence-electron chi connectivity index (χ3n) is 1.91. The molecule has 0 bridgehead atoms. The van der Waals surface area contributed by atoms with Crippen molar-refractivity contribution in [1.82, 2.24) is 4.98 Å². The normalized spacial score (nSPS) is 9.64. The largest absolute Gasteiger partial charge is 0.370 e. The van der Waals surface area contributed by atoms with Crippen molar-refractivity contribution in [3.05, 3.63) is 35.5 Å². The fourth-order valence-electron chi connectivity index (χ4n) is 1.13. The van der Waals surface area contributed by atoms with Gasteiger partial charge < -0.3 is 5.32 Å². The number of pyridine rings is 1. The van der Waals surface area contributed by atoms with Gasteiger partial charge in [0.25, 0.3) is 0 Å². The van der Waals surface area contributed by atoms with E-state index in [0.717, 1.165) is 18.8 Å². The first-order valence-corrected chi connectivity index (χ1v) is 4.98. The van der Waals surface area contributed by atoms with Crippen LogP contribution in [-0.2, 0) is 0 Å². The Morgan fingerprint density at radius 1 is 1.43 bits per heavy atom. The third kappa shape index (κ3) is 4.08. The van der Waals surface area contributed by atoms with Gasteiger partial charge in [-0.2, -0.15) is 0 Å². The molecule has 14 heavy (non-hydrogen) atoms. The van der Waals surface area contributed by atoms with Gasteiger partial charge in [-0.1, -0.05) is 17.7 Å². The molecule has 0 aliphatic carbocycles. The number of aryl methyl sites for hydroxylation is 1. The predicted molar refractivity (Wildman–Crippen MR) is 61.5 cm³/mol. The summed E-state index contributed by atoms with van der Waals surface area (Å²) in [7, 11) is 0. The Morgan fingerprint density at radius 3 is 2.79 bits per heavy atom. The maximum Gasteiger partial charge on any atom is 0.125 e. The quantitative estimate of drug-likeness (QED) is 0.582. The van der Waals surface area contributed by atoms with E-state index in [1.54, 1.807) is 0 Å². The lowest BCUT2D eigenvalue weighted by Gasteiger charge is -2.03. The summed E-state index contributed by atoms with van der Waals surface area (Å²) in [4.78, 5) is 4.26. The summed E-state index contributed by atoms with van der Waals surface area (Å²) in [5.41, 5.74) is 2.56. The third-order valence-corrected chi connectivity index (χ3v) is 1.91. The van der Waals surface area contributed by atoms with E-state index < -0.39 is 0 Å². The number of nitrogens with zero attached hydrogens (tertiary/aromatic N) is 1. The first kappa shape index (κ1) is 10.8. The zero-order valence-electron chi connectivity index (χ0n) is 9.17. The van der Waals surface area contributed by atoms with Crippen molar-refractivity contribution in [3.8, 4) is 0 Å². The molecule has 0 aliphatic rings. The Hall–Kier alpha value is -1.31. The lowest BCUT2D eigenvalue weighted by atomic mass is 10.2. The molecule has 1 rings (SSSR count). The highest BCUT2D eigenvalue weighted by molar-refractivity contribution is 5.35. The Labute approximate surface area is 86.1 Å². The zero-order valence-corrected chi connectivity index (χ0v) is 9.17. The van der Waals surface area contributed by atoms with Crippen molar-refractivity contribution in [2.45, 2.75) is 27.2 Å². The predicted octanol–water partition coefficient (Wildman–Crippen LogP) is 3.16. The summed E-state index contributed by atoms with van der Waals surface area (Å²) >= 11 is 0. The molecule has 2 heteroatoms. The van der Waals surface area contributed by atoms with Gasteiger partial charge in [0.05, 0.1) is 0 Å². The fraction of sp³-hybridized carbons (Fsp3) is 0.417. The molecule has 0 atom stereocenters. The molecule has 0 saturated carbocycles. The maximum absolute atomic E-state index is 4.26. The Bertz CT molecular complexity index is 295. The van der Waals surface area contributed by atoms with Crippen LogP contribution >= 0.6 is 0 Å². The molecule has 1 N–H and O–H groups in total. The van der Waals surface area contributed by atoms with E-state index in [1.807, 2.05) is 19.2 Å². The van der Waals surface area contributed by atoms with Crippen molar-refractivity contribution in [2.75, 3.05) is 11.9 Å². The lowest BCUT2D eigenvalue weighted by molar-refractivity contribution is 1.03. The van der Waals surface area contributed by atoms with Crippen LogP contribution in [0, 0.1) is 6.92 Å². The number of rotatable bonds is 4. The molecule has 0 aliphatic heterocycles. The number of anilines is 1. The van der Waals surface area contributed by atoms with Crippen molar-refractivity contribution in [2.24, 2.45) is 0 Å². The monoisotopic (exact) mass is 190 g/mol. The first-order chi connectivity index (χ1) is 6.68. The van der Waals surface area contributed by atoms with E-state index in [0.29, 0.717) is 0 Å². The second-order valence-electron chi connectivity index (χ2n) is 3.72. The van der Waals surface area contributed by atoms with E-state index in [2.05, 4.69) is 36.3 Å². The van der Waals surface area contributed by atoms with Crippen LogP contribution in [0.5, 0.6) is 0 Å². The molecule has 0 aromatic carbocycles. The van der Waals surface area contributed by atoms with Gasteiger partial charge in [-0.25, -0.2) is 4.98 Å². The van der Waals surface area contributed by atoms with Crippen LogP contribution in [0.3, 0.4) is 0 Å². The average molecular weight is 190 g/mol. The maximum atomic E-state index is 4.26. The molecule has 0 saturated heterocycles. The molecular formula is C12H18N2. The van der Waals surface area contributed by atoms with E-state index in [-0.39, 0.29) is 0 Å². The highest BCUT2D eigenvalue weighted by atomic mass is 15.0. The minimum Gasteiger partial charge on any atom is -0.370 e. The number of nitrogens with one attached hydrogen (secondary N) is 1. The van der Waals surface area contributed by atoms with Crippen molar-refractivity contribution < 1.29 is 0 Å². The minimum absolute atomic E-state index is 0.946.